The van der Waals surface area contributed by atoms with Crippen molar-refractivity contribution in [3.63, 3.8) is 0 Å². The molecule has 0 fully saturated rings. The maximum absolute atomic E-state index is 13.0. The molecule has 0 atom stereocenters. The smallest absolute Gasteiger partial charge is 0.263 e. The zero-order valence-corrected chi connectivity index (χ0v) is 16.7. The van der Waals surface area contributed by atoms with Gasteiger partial charge in [-0.25, -0.2) is 27.5 Å². The maximum atomic E-state index is 13.0. The van der Waals surface area contributed by atoms with Gasteiger partial charge in [-0.3, -0.25) is 4.39 Å². The molecule has 3 aromatic heterocycles. The lowest BCUT2D eigenvalue weighted by atomic mass is 10.1. The standard InChI is InChI=1S/C19H12F4N4OS.CH3F/c20-16(21)11-6-12(17(22)23)8-13(7-11)29-27-15-9-10(3-5-24-15)19-26-18-14(28-19)2-1-4-25-18;1-2/h1-9,16-17H,(H,24,27);1H3. The van der Waals surface area contributed by atoms with Gasteiger partial charge in [0.05, 0.1) is 7.18 Å². The first-order chi connectivity index (χ1) is 15.0. The molecule has 31 heavy (non-hydrogen) atoms. The van der Waals surface area contributed by atoms with Gasteiger partial charge in [0.15, 0.2) is 11.2 Å². The van der Waals surface area contributed by atoms with E-state index in [9.17, 15) is 22.0 Å². The number of aromatic nitrogens is 3. The second-order valence-corrected chi connectivity index (χ2v) is 6.79. The Morgan fingerprint density at radius 1 is 0.903 bits per heavy atom. The number of oxazole rings is 1. The third-order valence-corrected chi connectivity index (χ3v) is 4.68. The summed E-state index contributed by atoms with van der Waals surface area (Å²) in [6.45, 7) is 0. The van der Waals surface area contributed by atoms with Crippen molar-refractivity contribution >= 4 is 29.0 Å². The quantitative estimate of drug-likeness (QED) is 0.254. The van der Waals surface area contributed by atoms with Gasteiger partial charge in [-0.2, -0.15) is 4.98 Å². The number of nitrogens with one attached hydrogen (secondary N) is 1. The Balaban J connectivity index is 0.00000132. The summed E-state index contributed by atoms with van der Waals surface area (Å²) < 4.78 is 69.9. The maximum Gasteiger partial charge on any atom is 0.263 e. The number of fused-ring (bicyclic) bond motifs is 1. The molecule has 0 saturated heterocycles. The molecule has 4 rings (SSSR count). The molecule has 1 N–H and O–H groups in total. The lowest BCUT2D eigenvalue weighted by Crippen LogP contribution is -1.95. The highest BCUT2D eigenvalue weighted by atomic mass is 32.2. The first kappa shape index (κ1) is 22.5. The van der Waals surface area contributed by atoms with Gasteiger partial charge in [-0.1, -0.05) is 0 Å². The molecule has 0 aliphatic rings. The van der Waals surface area contributed by atoms with Crippen LogP contribution in [0.15, 0.2) is 64.2 Å². The van der Waals surface area contributed by atoms with E-state index in [1.165, 1.54) is 6.20 Å². The molecule has 0 aliphatic carbocycles. The zero-order valence-electron chi connectivity index (χ0n) is 15.9. The van der Waals surface area contributed by atoms with E-state index in [1.54, 1.807) is 30.5 Å². The van der Waals surface area contributed by atoms with Crippen molar-refractivity contribution in [2.75, 3.05) is 11.9 Å². The minimum absolute atomic E-state index is 0.219. The highest BCUT2D eigenvalue weighted by Gasteiger charge is 2.16. The molecular formula is C20H15F5N4OS. The topological polar surface area (TPSA) is 63.8 Å². The number of hydrogen-bond donors (Lipinski definition) is 1. The van der Waals surface area contributed by atoms with Crippen molar-refractivity contribution in [3.05, 3.63) is 66.0 Å². The molecular weight excluding hydrogens is 439 g/mol. The highest BCUT2D eigenvalue weighted by molar-refractivity contribution is 8.00. The summed E-state index contributed by atoms with van der Waals surface area (Å²) >= 11 is 0.903. The summed E-state index contributed by atoms with van der Waals surface area (Å²) in [5, 5.41) is 0. The Kier molecular flexibility index (Phi) is 7.40. The second-order valence-electron chi connectivity index (χ2n) is 5.91. The molecule has 0 aliphatic heterocycles. The summed E-state index contributed by atoms with van der Waals surface area (Å²) in [5.41, 5.74) is 0.689. The van der Waals surface area contributed by atoms with Crippen LogP contribution in [0.25, 0.3) is 22.7 Å². The van der Waals surface area contributed by atoms with Crippen LogP contribution in [0.5, 0.6) is 0 Å². The summed E-state index contributed by atoms with van der Waals surface area (Å²) in [4.78, 5) is 12.8. The van der Waals surface area contributed by atoms with Gasteiger partial charge in [0, 0.05) is 34.0 Å². The Labute approximate surface area is 177 Å². The van der Waals surface area contributed by atoms with Gasteiger partial charge in [0.25, 0.3) is 12.9 Å². The number of benzene rings is 1. The lowest BCUT2D eigenvalue weighted by molar-refractivity contribution is 0.143. The molecule has 162 valence electrons. The van der Waals surface area contributed by atoms with E-state index in [-0.39, 0.29) is 4.90 Å². The monoisotopic (exact) mass is 454 g/mol. The van der Waals surface area contributed by atoms with E-state index < -0.39 is 24.0 Å². The largest absolute Gasteiger partial charge is 0.434 e. The van der Waals surface area contributed by atoms with Gasteiger partial charge in [-0.05, 0) is 54.4 Å². The average molecular weight is 454 g/mol. The molecule has 4 aromatic rings. The molecule has 5 nitrogen and oxygen atoms in total. The van der Waals surface area contributed by atoms with Crippen LogP contribution in [0.3, 0.4) is 0 Å². The van der Waals surface area contributed by atoms with Crippen LogP contribution in [-0.2, 0) is 0 Å². The van der Waals surface area contributed by atoms with Crippen LogP contribution < -0.4 is 4.72 Å². The zero-order chi connectivity index (χ0) is 22.4. The molecule has 1 aromatic carbocycles. The van der Waals surface area contributed by atoms with Crippen LogP contribution in [0.2, 0.25) is 0 Å². The predicted molar refractivity (Wildman–Crippen MR) is 108 cm³/mol. The normalized spacial score (nSPS) is 11.0. The van der Waals surface area contributed by atoms with Crippen LogP contribution in [-0.4, -0.2) is 22.1 Å². The van der Waals surface area contributed by atoms with Crippen molar-refractivity contribution < 1.29 is 26.4 Å². The number of hydrogen-bond acceptors (Lipinski definition) is 6. The minimum Gasteiger partial charge on any atom is -0.434 e. The van der Waals surface area contributed by atoms with Crippen LogP contribution >= 0.6 is 11.9 Å². The summed E-state index contributed by atoms with van der Waals surface area (Å²) in [6.07, 6.45) is -2.57. The van der Waals surface area contributed by atoms with Crippen molar-refractivity contribution in [1.82, 2.24) is 15.0 Å². The van der Waals surface area contributed by atoms with Crippen LogP contribution in [0.4, 0.5) is 27.8 Å². The molecule has 11 heteroatoms. The van der Waals surface area contributed by atoms with Gasteiger partial charge in [0.2, 0.25) is 5.89 Å². The number of nitrogens with zero attached hydrogens (tertiary/aromatic N) is 3. The fraction of sp³-hybridized carbons (Fsp3) is 0.150. The number of pyridine rings is 2. The molecule has 0 bridgehead atoms. The van der Waals surface area contributed by atoms with Gasteiger partial charge < -0.3 is 9.14 Å². The molecule has 0 spiro atoms. The van der Waals surface area contributed by atoms with Gasteiger partial charge in [-0.15, -0.1) is 0 Å². The summed E-state index contributed by atoms with van der Waals surface area (Å²) in [6, 6.07) is 9.92. The molecule has 3 heterocycles. The molecule has 0 radical (unpaired) electrons. The number of alkyl halides is 5. The van der Waals surface area contributed by atoms with Crippen LogP contribution in [0.1, 0.15) is 24.0 Å². The summed E-state index contributed by atoms with van der Waals surface area (Å²) in [7, 11) is 0.500. The number of halogens is 5. The van der Waals surface area contributed by atoms with Crippen molar-refractivity contribution in [2.24, 2.45) is 0 Å². The number of anilines is 1. The average Bonchev–Trinajstić information content (AvgIpc) is 3.23. The lowest BCUT2D eigenvalue weighted by Gasteiger charge is -2.10. The first-order valence-electron chi connectivity index (χ1n) is 8.69. The molecule has 0 saturated carbocycles. The van der Waals surface area contributed by atoms with Crippen LogP contribution in [0, 0.1) is 0 Å². The third kappa shape index (κ3) is 5.48. The van der Waals surface area contributed by atoms with E-state index >= 15 is 0 Å². The second kappa shape index (κ2) is 10.2. The van der Waals surface area contributed by atoms with Gasteiger partial charge >= 0.3 is 0 Å². The predicted octanol–water partition coefficient (Wildman–Crippen LogP) is 6.86. The van der Waals surface area contributed by atoms with E-state index in [0.29, 0.717) is 35.7 Å². The first-order valence-corrected chi connectivity index (χ1v) is 9.51. The van der Waals surface area contributed by atoms with Crippen molar-refractivity contribution in [1.29, 1.82) is 0 Å². The summed E-state index contributed by atoms with van der Waals surface area (Å²) in [5.74, 6) is 0.720. The van der Waals surface area contributed by atoms with E-state index in [4.69, 9.17) is 4.42 Å². The van der Waals surface area contributed by atoms with Crippen molar-refractivity contribution in [3.8, 4) is 11.5 Å². The highest BCUT2D eigenvalue weighted by Crippen LogP contribution is 2.32. The number of rotatable bonds is 6. The minimum atomic E-state index is -2.85. The SMILES string of the molecule is CF.FC(F)c1cc(SNc2cc(-c3nc4ncccc4o3)ccn2)cc(C(F)F)c1. The van der Waals surface area contributed by atoms with E-state index in [1.807, 2.05) is 0 Å². The van der Waals surface area contributed by atoms with E-state index in [0.717, 1.165) is 30.1 Å². The third-order valence-electron chi connectivity index (χ3n) is 3.90. The Bertz CT molecular complexity index is 1100. The Hall–Kier alpha value is -3.21. The fourth-order valence-electron chi connectivity index (χ4n) is 2.58. The van der Waals surface area contributed by atoms with Gasteiger partial charge in [0.1, 0.15) is 5.82 Å². The molecule has 0 unspecified atom stereocenters. The van der Waals surface area contributed by atoms with E-state index in [2.05, 4.69) is 19.7 Å². The molecule has 0 amide bonds. The Morgan fingerprint density at radius 3 is 2.26 bits per heavy atom. The Morgan fingerprint density at radius 2 is 1.61 bits per heavy atom. The van der Waals surface area contributed by atoms with Crippen molar-refractivity contribution in [2.45, 2.75) is 17.7 Å². The fourth-order valence-corrected chi connectivity index (χ4v) is 3.30.